The van der Waals surface area contributed by atoms with Crippen LogP contribution in [0.5, 0.6) is 0 Å². The Kier molecular flexibility index (Phi) is 4.70. The summed E-state index contributed by atoms with van der Waals surface area (Å²) in [6.45, 7) is 8.09. The highest BCUT2D eigenvalue weighted by molar-refractivity contribution is 6.06. The number of carbonyl (C=O) groups excluding carboxylic acids is 1. The average molecular weight is 367 g/mol. The van der Waals surface area contributed by atoms with Crippen molar-refractivity contribution >= 4 is 16.9 Å². The van der Waals surface area contributed by atoms with E-state index < -0.39 is 0 Å². The van der Waals surface area contributed by atoms with Gasteiger partial charge < -0.3 is 15.1 Å². The summed E-state index contributed by atoms with van der Waals surface area (Å²) in [4.78, 5) is 17.9. The topological polar surface area (TPSA) is 85.0 Å². The van der Waals surface area contributed by atoms with Gasteiger partial charge in [0.2, 0.25) is 0 Å². The van der Waals surface area contributed by atoms with E-state index in [2.05, 4.69) is 22.7 Å². The molecule has 142 valence electrons. The van der Waals surface area contributed by atoms with Gasteiger partial charge in [-0.3, -0.25) is 4.79 Å². The molecule has 2 N–H and O–H groups in total. The summed E-state index contributed by atoms with van der Waals surface area (Å²) in [6.07, 6.45) is 4.27. The fourth-order valence-corrected chi connectivity index (χ4v) is 3.61. The van der Waals surface area contributed by atoms with Crippen molar-refractivity contribution in [2.45, 2.75) is 39.3 Å². The van der Waals surface area contributed by atoms with Crippen molar-refractivity contribution in [2.24, 2.45) is 5.92 Å². The Morgan fingerprint density at radius 3 is 3.00 bits per heavy atom. The second kappa shape index (κ2) is 7.15. The molecule has 7 nitrogen and oxygen atoms in total. The summed E-state index contributed by atoms with van der Waals surface area (Å²) in [6, 6.07) is 5.77. The Balaban J connectivity index is 1.77. The number of carbonyl (C=O) groups is 1. The molecule has 0 spiro atoms. The minimum Gasteiger partial charge on any atom is -0.463 e. The Bertz CT molecular complexity index is 945. The molecule has 1 amide bonds. The van der Waals surface area contributed by atoms with Crippen LogP contribution in [0, 0.1) is 5.92 Å². The van der Waals surface area contributed by atoms with E-state index in [-0.39, 0.29) is 18.0 Å². The normalized spacial score (nSPS) is 20.3. The van der Waals surface area contributed by atoms with E-state index in [9.17, 15) is 4.79 Å². The number of amides is 1. The van der Waals surface area contributed by atoms with Crippen LogP contribution in [0.4, 0.5) is 0 Å². The summed E-state index contributed by atoms with van der Waals surface area (Å²) in [7, 11) is 0. The molecule has 0 saturated carbocycles. The molecule has 2 unspecified atom stereocenters. The predicted molar refractivity (Wildman–Crippen MR) is 104 cm³/mol. The molecule has 0 aliphatic carbocycles. The molecule has 1 aliphatic rings. The highest BCUT2D eigenvalue weighted by atomic mass is 16.3. The van der Waals surface area contributed by atoms with Gasteiger partial charge in [-0.1, -0.05) is 6.92 Å². The predicted octanol–water partition coefficient (Wildman–Crippen LogP) is 3.00. The fourth-order valence-electron chi connectivity index (χ4n) is 3.61. The minimum absolute atomic E-state index is 0.0859. The van der Waals surface area contributed by atoms with Crippen LogP contribution in [0.25, 0.3) is 22.5 Å². The van der Waals surface area contributed by atoms with E-state index >= 15 is 0 Å². The van der Waals surface area contributed by atoms with Crippen molar-refractivity contribution in [3.63, 3.8) is 0 Å². The molecule has 1 saturated heterocycles. The molecule has 4 rings (SSSR count). The van der Waals surface area contributed by atoms with Crippen molar-refractivity contribution in [1.29, 1.82) is 0 Å². The molecule has 1 aliphatic heterocycles. The van der Waals surface area contributed by atoms with Crippen LogP contribution < -0.4 is 10.6 Å². The fraction of sp³-hybridized carbons (Fsp3) is 0.450. The molecule has 3 aromatic heterocycles. The van der Waals surface area contributed by atoms with Crippen LogP contribution in [-0.4, -0.2) is 39.8 Å². The van der Waals surface area contributed by atoms with Gasteiger partial charge in [-0.2, -0.15) is 5.10 Å². The molecule has 7 heteroatoms. The minimum atomic E-state index is -0.0859. The van der Waals surface area contributed by atoms with Gasteiger partial charge in [-0.25, -0.2) is 9.67 Å². The summed E-state index contributed by atoms with van der Waals surface area (Å²) in [5.74, 6) is 0.943. The summed E-state index contributed by atoms with van der Waals surface area (Å²) >= 11 is 0. The van der Waals surface area contributed by atoms with Crippen LogP contribution >= 0.6 is 0 Å². The molecule has 3 aromatic rings. The highest BCUT2D eigenvalue weighted by Crippen LogP contribution is 2.27. The van der Waals surface area contributed by atoms with Crippen LogP contribution in [0.15, 0.2) is 35.1 Å². The average Bonchev–Trinajstić information content (AvgIpc) is 3.32. The lowest BCUT2D eigenvalue weighted by atomic mass is 9.95. The number of pyridine rings is 1. The van der Waals surface area contributed by atoms with E-state index in [1.54, 1.807) is 18.5 Å². The largest absolute Gasteiger partial charge is 0.463 e. The lowest BCUT2D eigenvalue weighted by Crippen LogP contribution is -2.48. The molecule has 0 bridgehead atoms. The Morgan fingerprint density at radius 1 is 1.44 bits per heavy atom. The molecule has 27 heavy (non-hydrogen) atoms. The third-order valence-corrected chi connectivity index (χ3v) is 5.18. The Morgan fingerprint density at radius 2 is 2.30 bits per heavy atom. The lowest BCUT2D eigenvalue weighted by molar-refractivity contribution is 0.0916. The second-order valence-corrected chi connectivity index (χ2v) is 7.50. The number of hydrogen-bond donors (Lipinski definition) is 2. The van der Waals surface area contributed by atoms with Gasteiger partial charge in [-0.05, 0) is 57.5 Å². The van der Waals surface area contributed by atoms with Gasteiger partial charge in [0.15, 0.2) is 11.4 Å². The number of rotatable bonds is 4. The third-order valence-electron chi connectivity index (χ3n) is 5.18. The summed E-state index contributed by atoms with van der Waals surface area (Å²) in [5, 5.41) is 11.8. The zero-order valence-electron chi connectivity index (χ0n) is 15.9. The summed E-state index contributed by atoms with van der Waals surface area (Å²) < 4.78 is 7.35. The molecular weight excluding hydrogens is 342 g/mol. The van der Waals surface area contributed by atoms with Gasteiger partial charge >= 0.3 is 0 Å². The number of furan rings is 1. The number of nitrogens with one attached hydrogen (secondary N) is 2. The van der Waals surface area contributed by atoms with Crippen LogP contribution in [0.2, 0.25) is 0 Å². The molecular formula is C20H25N5O2. The van der Waals surface area contributed by atoms with E-state index in [1.807, 2.05) is 30.7 Å². The SMILES string of the molecule is CC1CNCCC1NC(=O)c1cc(-c2ccco2)nc2c1cnn2C(C)C. The molecule has 0 aromatic carbocycles. The molecule has 0 radical (unpaired) electrons. The maximum Gasteiger partial charge on any atom is 0.252 e. The summed E-state index contributed by atoms with van der Waals surface area (Å²) in [5.41, 5.74) is 1.92. The van der Waals surface area contributed by atoms with E-state index in [1.165, 1.54) is 0 Å². The number of nitrogens with zero attached hydrogens (tertiary/aromatic N) is 3. The number of piperidine rings is 1. The first-order chi connectivity index (χ1) is 13.0. The maximum atomic E-state index is 13.1. The van der Waals surface area contributed by atoms with Crippen LogP contribution in [0.1, 0.15) is 43.6 Å². The van der Waals surface area contributed by atoms with Gasteiger partial charge in [0, 0.05) is 12.1 Å². The van der Waals surface area contributed by atoms with Crippen LogP contribution in [0.3, 0.4) is 0 Å². The zero-order chi connectivity index (χ0) is 19.0. The van der Waals surface area contributed by atoms with Crippen molar-refractivity contribution < 1.29 is 9.21 Å². The van der Waals surface area contributed by atoms with Gasteiger partial charge in [-0.15, -0.1) is 0 Å². The Hall–Kier alpha value is -2.67. The Labute approximate surface area is 158 Å². The van der Waals surface area contributed by atoms with Crippen molar-refractivity contribution in [1.82, 2.24) is 25.4 Å². The van der Waals surface area contributed by atoms with Gasteiger partial charge in [0.25, 0.3) is 5.91 Å². The van der Waals surface area contributed by atoms with Gasteiger partial charge in [0.05, 0.1) is 23.4 Å². The van der Waals surface area contributed by atoms with Crippen molar-refractivity contribution in [2.75, 3.05) is 13.1 Å². The number of hydrogen-bond acceptors (Lipinski definition) is 5. The third kappa shape index (κ3) is 3.35. The standard InChI is InChI=1S/C20H25N5O2/c1-12(2)25-19-15(11-22-25)14(9-17(23-19)18-5-4-8-27-18)20(26)24-16-6-7-21-10-13(16)3/h4-5,8-9,11-13,16,21H,6-7,10H2,1-3H3,(H,24,26). The first kappa shape index (κ1) is 17.7. The van der Waals surface area contributed by atoms with Gasteiger partial charge in [0.1, 0.15) is 5.69 Å². The first-order valence-corrected chi connectivity index (χ1v) is 9.48. The molecule has 4 heterocycles. The molecule has 1 fully saturated rings. The van der Waals surface area contributed by atoms with E-state index in [0.717, 1.165) is 24.9 Å². The zero-order valence-corrected chi connectivity index (χ0v) is 15.9. The lowest BCUT2D eigenvalue weighted by Gasteiger charge is -2.30. The second-order valence-electron chi connectivity index (χ2n) is 7.50. The number of fused-ring (bicyclic) bond motifs is 1. The monoisotopic (exact) mass is 367 g/mol. The quantitative estimate of drug-likeness (QED) is 0.740. The highest BCUT2D eigenvalue weighted by Gasteiger charge is 2.25. The molecule has 2 atom stereocenters. The number of aromatic nitrogens is 3. The van der Waals surface area contributed by atoms with E-state index in [4.69, 9.17) is 9.40 Å². The van der Waals surface area contributed by atoms with Crippen molar-refractivity contribution in [3.05, 3.63) is 36.2 Å². The first-order valence-electron chi connectivity index (χ1n) is 9.48. The smallest absolute Gasteiger partial charge is 0.252 e. The van der Waals surface area contributed by atoms with E-state index in [0.29, 0.717) is 28.6 Å². The maximum absolute atomic E-state index is 13.1. The van der Waals surface area contributed by atoms with Crippen molar-refractivity contribution in [3.8, 4) is 11.5 Å². The van der Waals surface area contributed by atoms with Crippen LogP contribution in [-0.2, 0) is 0 Å².